The normalized spacial score (nSPS) is 11.2. The molecule has 2 aromatic carbocycles. The van der Waals surface area contributed by atoms with Gasteiger partial charge in [-0.25, -0.2) is 17.2 Å². The molecule has 0 spiro atoms. The molecule has 0 aliphatic heterocycles. The number of anilines is 2. The monoisotopic (exact) mass is 402 g/mol. The third-order valence-electron chi connectivity index (χ3n) is 3.46. The molecule has 2 rings (SSSR count). The van der Waals surface area contributed by atoms with E-state index in [9.17, 15) is 22.0 Å². The van der Waals surface area contributed by atoms with Gasteiger partial charge in [0.05, 0.1) is 11.9 Å². The minimum atomic E-state index is -3.55. The third kappa shape index (κ3) is 5.67. The summed E-state index contributed by atoms with van der Waals surface area (Å²) >= 11 is 5.89. The Morgan fingerprint density at radius 2 is 1.88 bits per heavy atom. The third-order valence-corrected chi connectivity index (χ3v) is 4.89. The molecule has 0 aliphatic rings. The molecule has 1 N–H and O–H groups in total. The highest BCUT2D eigenvalue weighted by molar-refractivity contribution is 7.92. The summed E-state index contributed by atoms with van der Waals surface area (Å²) in [6.07, 6.45) is 1.30. The Bertz CT molecular complexity index is 907. The summed E-state index contributed by atoms with van der Waals surface area (Å²) in [5, 5.41) is 2.83. The fourth-order valence-corrected chi connectivity index (χ4v) is 3.44. The van der Waals surface area contributed by atoms with Crippen molar-refractivity contribution in [1.29, 1.82) is 0 Å². The van der Waals surface area contributed by atoms with Gasteiger partial charge in [-0.05, 0) is 36.8 Å². The van der Waals surface area contributed by atoms with Crippen LogP contribution in [0.25, 0.3) is 0 Å². The van der Waals surface area contributed by atoms with Crippen molar-refractivity contribution in [3.63, 3.8) is 0 Å². The number of rotatable bonds is 7. The van der Waals surface area contributed by atoms with Crippen molar-refractivity contribution in [1.82, 2.24) is 0 Å². The lowest BCUT2D eigenvalue weighted by Gasteiger charge is -2.22. The second kappa shape index (κ2) is 8.46. The Kier molecular flexibility index (Phi) is 6.55. The molecule has 9 heteroatoms. The number of benzene rings is 2. The quantitative estimate of drug-likeness (QED) is 0.766. The highest BCUT2D eigenvalue weighted by Gasteiger charge is 2.18. The molecule has 0 saturated carbocycles. The van der Waals surface area contributed by atoms with E-state index >= 15 is 0 Å². The average Bonchev–Trinajstić information content (AvgIpc) is 2.54. The van der Waals surface area contributed by atoms with E-state index < -0.39 is 27.6 Å². The molecular weight excluding hydrogens is 386 g/mol. The Labute approximate surface area is 155 Å². The van der Waals surface area contributed by atoms with Gasteiger partial charge in [0.15, 0.2) is 11.6 Å². The van der Waals surface area contributed by atoms with Gasteiger partial charge in [-0.3, -0.25) is 9.10 Å². The zero-order chi connectivity index (χ0) is 19.3. The number of nitrogens with zero attached hydrogens (tertiary/aromatic N) is 1. The molecule has 0 aromatic heterocycles. The van der Waals surface area contributed by atoms with Gasteiger partial charge >= 0.3 is 0 Å². The van der Waals surface area contributed by atoms with E-state index in [-0.39, 0.29) is 25.1 Å². The molecular formula is C17H17ClF2N2O3S. The first-order chi connectivity index (χ1) is 12.2. The van der Waals surface area contributed by atoms with E-state index in [0.717, 1.165) is 22.7 Å². The van der Waals surface area contributed by atoms with Crippen molar-refractivity contribution in [2.75, 3.05) is 22.4 Å². The van der Waals surface area contributed by atoms with Crippen LogP contribution in [-0.4, -0.2) is 27.1 Å². The van der Waals surface area contributed by atoms with Gasteiger partial charge in [0.1, 0.15) is 0 Å². The van der Waals surface area contributed by atoms with E-state index in [4.69, 9.17) is 11.6 Å². The molecule has 0 fully saturated rings. The van der Waals surface area contributed by atoms with Gasteiger partial charge in [-0.2, -0.15) is 0 Å². The van der Waals surface area contributed by atoms with E-state index in [1.165, 1.54) is 12.1 Å². The highest BCUT2D eigenvalue weighted by atomic mass is 35.5. The summed E-state index contributed by atoms with van der Waals surface area (Å²) in [6, 6.07) is 9.41. The van der Waals surface area contributed by atoms with Crippen LogP contribution in [0.3, 0.4) is 0 Å². The topological polar surface area (TPSA) is 66.5 Å². The summed E-state index contributed by atoms with van der Waals surface area (Å²) < 4.78 is 51.1. The number of halogens is 3. The standard InChI is InChI=1S/C17H17ClF2N2O3S/c1-26(24,25)22(14-5-2-4-12(18)10-14)9-3-6-17(23)21-13-7-8-15(19)16(20)11-13/h2,4-5,7-8,10-11H,3,6,9H2,1H3,(H,21,23). The van der Waals surface area contributed by atoms with Crippen LogP contribution < -0.4 is 9.62 Å². The van der Waals surface area contributed by atoms with Crippen molar-refractivity contribution < 1.29 is 22.0 Å². The van der Waals surface area contributed by atoms with E-state index in [0.29, 0.717) is 10.7 Å². The molecule has 0 radical (unpaired) electrons. The molecule has 1 amide bonds. The number of amides is 1. The largest absolute Gasteiger partial charge is 0.326 e. The number of nitrogens with one attached hydrogen (secondary N) is 1. The Hall–Kier alpha value is -2.19. The lowest BCUT2D eigenvalue weighted by Crippen LogP contribution is -2.31. The second-order valence-electron chi connectivity index (χ2n) is 5.60. The van der Waals surface area contributed by atoms with Crippen LogP contribution in [0.1, 0.15) is 12.8 Å². The summed E-state index contributed by atoms with van der Waals surface area (Å²) in [5.41, 5.74) is 0.532. The molecule has 0 atom stereocenters. The van der Waals surface area contributed by atoms with Crippen molar-refractivity contribution in [2.24, 2.45) is 0 Å². The Morgan fingerprint density at radius 1 is 1.15 bits per heavy atom. The molecule has 0 heterocycles. The predicted molar refractivity (Wildman–Crippen MR) is 97.9 cm³/mol. The van der Waals surface area contributed by atoms with Gasteiger partial charge in [0.2, 0.25) is 15.9 Å². The SMILES string of the molecule is CS(=O)(=O)N(CCCC(=O)Nc1ccc(F)c(F)c1)c1cccc(Cl)c1. The first-order valence-electron chi connectivity index (χ1n) is 7.65. The molecule has 26 heavy (non-hydrogen) atoms. The van der Waals surface area contributed by atoms with Crippen molar-refractivity contribution in [2.45, 2.75) is 12.8 Å². The van der Waals surface area contributed by atoms with Crippen LogP contribution in [-0.2, 0) is 14.8 Å². The zero-order valence-corrected chi connectivity index (χ0v) is 15.4. The summed E-state index contributed by atoms with van der Waals surface area (Å²) in [7, 11) is -3.55. The minimum Gasteiger partial charge on any atom is -0.326 e. The van der Waals surface area contributed by atoms with Crippen LogP contribution in [0.15, 0.2) is 42.5 Å². The predicted octanol–water partition coefficient (Wildman–Crippen LogP) is 3.80. The van der Waals surface area contributed by atoms with E-state index in [1.807, 2.05) is 0 Å². The number of sulfonamides is 1. The molecule has 2 aromatic rings. The van der Waals surface area contributed by atoms with Gasteiger partial charge in [-0.1, -0.05) is 17.7 Å². The first-order valence-corrected chi connectivity index (χ1v) is 9.87. The molecule has 140 valence electrons. The number of carbonyl (C=O) groups is 1. The van der Waals surface area contributed by atoms with Crippen molar-refractivity contribution in [3.8, 4) is 0 Å². The summed E-state index contributed by atoms with van der Waals surface area (Å²) in [5.74, 6) is -2.50. The molecule has 5 nitrogen and oxygen atoms in total. The fraction of sp³-hybridized carbons (Fsp3) is 0.235. The van der Waals surface area contributed by atoms with E-state index in [2.05, 4.69) is 5.32 Å². The van der Waals surface area contributed by atoms with Gasteiger partial charge in [0.25, 0.3) is 0 Å². The van der Waals surface area contributed by atoms with Gasteiger partial charge in [0, 0.05) is 29.7 Å². The number of carbonyl (C=O) groups excluding carboxylic acids is 1. The van der Waals surface area contributed by atoms with E-state index in [1.54, 1.807) is 18.2 Å². The second-order valence-corrected chi connectivity index (χ2v) is 7.94. The first kappa shape index (κ1) is 20.1. The lowest BCUT2D eigenvalue weighted by molar-refractivity contribution is -0.116. The number of hydrogen-bond donors (Lipinski definition) is 1. The highest BCUT2D eigenvalue weighted by Crippen LogP contribution is 2.22. The summed E-state index contributed by atoms with van der Waals surface area (Å²) in [6.45, 7) is 0.0738. The summed E-state index contributed by atoms with van der Waals surface area (Å²) in [4.78, 5) is 11.9. The molecule has 0 aliphatic carbocycles. The maximum atomic E-state index is 13.1. The molecule has 0 saturated heterocycles. The van der Waals surface area contributed by atoms with Crippen LogP contribution >= 0.6 is 11.6 Å². The van der Waals surface area contributed by atoms with Crippen LogP contribution in [0.2, 0.25) is 5.02 Å². The minimum absolute atomic E-state index is 0.00554. The van der Waals surface area contributed by atoms with Crippen LogP contribution in [0.4, 0.5) is 20.2 Å². The Balaban J connectivity index is 1.96. The van der Waals surface area contributed by atoms with Gasteiger partial charge < -0.3 is 5.32 Å². The maximum Gasteiger partial charge on any atom is 0.232 e. The number of hydrogen-bond acceptors (Lipinski definition) is 3. The molecule has 0 unspecified atom stereocenters. The smallest absolute Gasteiger partial charge is 0.232 e. The maximum absolute atomic E-state index is 13.1. The Morgan fingerprint density at radius 3 is 2.50 bits per heavy atom. The van der Waals surface area contributed by atoms with Crippen LogP contribution in [0.5, 0.6) is 0 Å². The van der Waals surface area contributed by atoms with Crippen molar-refractivity contribution in [3.05, 3.63) is 59.1 Å². The molecule has 0 bridgehead atoms. The zero-order valence-electron chi connectivity index (χ0n) is 13.9. The average molecular weight is 403 g/mol. The fourth-order valence-electron chi connectivity index (χ4n) is 2.30. The van der Waals surface area contributed by atoms with Crippen LogP contribution in [0, 0.1) is 11.6 Å². The van der Waals surface area contributed by atoms with Crippen molar-refractivity contribution >= 4 is 38.9 Å². The lowest BCUT2D eigenvalue weighted by atomic mass is 10.2. The van der Waals surface area contributed by atoms with Gasteiger partial charge in [-0.15, -0.1) is 0 Å².